The minimum Gasteiger partial charge on any atom is -0.303 e. The molecule has 4 aliphatic carbocycles. The number of nitrogens with zero attached hydrogens (tertiary/aromatic N) is 1. The van der Waals surface area contributed by atoms with Crippen molar-refractivity contribution in [2.45, 2.75) is 58.8 Å². The summed E-state index contributed by atoms with van der Waals surface area (Å²) in [6.07, 6.45) is 9.72. The molecule has 128 valence electrons. The molecule has 3 heteroatoms. The third-order valence-electron chi connectivity index (χ3n) is 8.37. The Morgan fingerprint density at radius 1 is 1.21 bits per heavy atom. The van der Waals surface area contributed by atoms with Crippen molar-refractivity contribution in [3.05, 3.63) is 11.6 Å². The van der Waals surface area contributed by atoms with Crippen LogP contribution in [0, 0.1) is 51.8 Å². The van der Waals surface area contributed by atoms with E-state index in [4.69, 9.17) is 0 Å². The van der Waals surface area contributed by atoms with E-state index in [-0.39, 0.29) is 28.4 Å². The van der Waals surface area contributed by atoms with Crippen LogP contribution in [0.3, 0.4) is 0 Å². The fourth-order valence-corrected chi connectivity index (χ4v) is 7.04. The van der Waals surface area contributed by atoms with E-state index in [9.17, 15) is 14.9 Å². The molecule has 3 nitrogen and oxygen atoms in total. The van der Waals surface area contributed by atoms with Crippen molar-refractivity contribution in [3.8, 4) is 6.07 Å². The van der Waals surface area contributed by atoms with Gasteiger partial charge in [0.05, 0.1) is 12.0 Å². The first-order valence-corrected chi connectivity index (χ1v) is 9.54. The van der Waals surface area contributed by atoms with Gasteiger partial charge in [0.1, 0.15) is 6.29 Å². The number of carbonyl (C=O) groups excluding carboxylic acids is 2. The Hall–Kier alpha value is -1.43. The van der Waals surface area contributed by atoms with Gasteiger partial charge in [-0.3, -0.25) is 4.79 Å². The molecule has 0 saturated heterocycles. The van der Waals surface area contributed by atoms with Gasteiger partial charge in [-0.1, -0.05) is 19.4 Å². The summed E-state index contributed by atoms with van der Waals surface area (Å²) in [5, 5.41) is 9.58. The van der Waals surface area contributed by atoms with Crippen LogP contribution < -0.4 is 0 Å². The van der Waals surface area contributed by atoms with Crippen molar-refractivity contribution in [1.29, 1.82) is 5.26 Å². The van der Waals surface area contributed by atoms with Gasteiger partial charge in [0, 0.05) is 12.3 Å². The summed E-state index contributed by atoms with van der Waals surface area (Å²) in [4.78, 5) is 23.8. The van der Waals surface area contributed by atoms with Gasteiger partial charge in [0.15, 0.2) is 5.78 Å². The van der Waals surface area contributed by atoms with Crippen LogP contribution in [0.1, 0.15) is 58.8 Å². The van der Waals surface area contributed by atoms with E-state index in [0.717, 1.165) is 50.4 Å². The lowest BCUT2D eigenvalue weighted by Gasteiger charge is -2.59. The summed E-state index contributed by atoms with van der Waals surface area (Å²) in [5.74, 6) is 1.95. The first-order chi connectivity index (χ1) is 11.4. The summed E-state index contributed by atoms with van der Waals surface area (Å²) >= 11 is 0. The number of ketones is 1. The second kappa shape index (κ2) is 5.28. The number of hydrogen-bond acceptors (Lipinski definition) is 3. The van der Waals surface area contributed by atoms with E-state index in [2.05, 4.69) is 19.9 Å². The van der Waals surface area contributed by atoms with Crippen molar-refractivity contribution in [2.24, 2.45) is 40.4 Å². The van der Waals surface area contributed by atoms with E-state index in [1.807, 2.05) is 0 Å². The summed E-state index contributed by atoms with van der Waals surface area (Å²) in [6.45, 7) is 4.63. The third-order valence-corrected chi connectivity index (χ3v) is 8.37. The molecule has 0 aromatic carbocycles. The Labute approximate surface area is 144 Å². The summed E-state index contributed by atoms with van der Waals surface area (Å²) in [6, 6.07) is 2.57. The van der Waals surface area contributed by atoms with Crippen molar-refractivity contribution < 1.29 is 9.59 Å². The molecule has 24 heavy (non-hydrogen) atoms. The normalized spacial score (nSPS) is 50.1. The number of aldehydes is 1. The van der Waals surface area contributed by atoms with Crippen LogP contribution in [0.25, 0.3) is 0 Å². The average Bonchev–Trinajstić information content (AvgIpc) is 2.91. The molecule has 0 aliphatic heterocycles. The molecule has 3 fully saturated rings. The van der Waals surface area contributed by atoms with Gasteiger partial charge in [-0.25, -0.2) is 0 Å². The molecule has 0 bridgehead atoms. The molecule has 0 spiro atoms. The Morgan fingerprint density at radius 3 is 2.71 bits per heavy atom. The molecule has 0 amide bonds. The summed E-state index contributed by atoms with van der Waals surface area (Å²) in [7, 11) is 0. The smallest absolute Gasteiger partial charge is 0.155 e. The Balaban J connectivity index is 1.75. The maximum Gasteiger partial charge on any atom is 0.155 e. The van der Waals surface area contributed by atoms with Crippen LogP contribution >= 0.6 is 0 Å². The zero-order chi connectivity index (χ0) is 17.1. The molecule has 4 rings (SSSR count). The van der Waals surface area contributed by atoms with E-state index >= 15 is 0 Å². The fraction of sp³-hybridized carbons (Fsp3) is 0.762. The molecule has 2 unspecified atom stereocenters. The second-order valence-electron chi connectivity index (χ2n) is 9.14. The van der Waals surface area contributed by atoms with Crippen molar-refractivity contribution in [2.75, 3.05) is 0 Å². The molecule has 0 aromatic heterocycles. The molecule has 4 aliphatic rings. The lowest BCUT2D eigenvalue weighted by molar-refractivity contribution is -0.120. The molecule has 0 heterocycles. The number of allylic oxidation sites excluding steroid dienone is 1. The van der Waals surface area contributed by atoms with E-state index in [0.29, 0.717) is 24.2 Å². The zero-order valence-electron chi connectivity index (χ0n) is 14.8. The number of rotatable bonds is 1. The van der Waals surface area contributed by atoms with Gasteiger partial charge in [0.2, 0.25) is 0 Å². The van der Waals surface area contributed by atoms with Crippen LogP contribution in [0.5, 0.6) is 0 Å². The van der Waals surface area contributed by atoms with Crippen LogP contribution in [0.4, 0.5) is 0 Å². The average molecular weight is 325 g/mol. The first kappa shape index (κ1) is 16.1. The van der Waals surface area contributed by atoms with Crippen LogP contribution in [-0.4, -0.2) is 12.1 Å². The Bertz CT molecular complexity index is 659. The Morgan fingerprint density at radius 2 is 2.00 bits per heavy atom. The van der Waals surface area contributed by atoms with Crippen LogP contribution in [0.2, 0.25) is 0 Å². The molecular weight excluding hydrogens is 298 g/mol. The minimum atomic E-state index is -0.0935. The first-order valence-electron chi connectivity index (χ1n) is 9.54. The maximum absolute atomic E-state index is 12.0. The van der Waals surface area contributed by atoms with Crippen molar-refractivity contribution in [3.63, 3.8) is 0 Å². The Kier molecular flexibility index (Phi) is 3.53. The monoisotopic (exact) mass is 325 g/mol. The second-order valence-corrected chi connectivity index (χ2v) is 9.14. The predicted octanol–water partition coefficient (Wildman–Crippen LogP) is 4.08. The number of carbonyl (C=O) groups is 2. The van der Waals surface area contributed by atoms with Crippen LogP contribution in [0.15, 0.2) is 11.6 Å². The fourth-order valence-electron chi connectivity index (χ4n) is 7.04. The van der Waals surface area contributed by atoms with Crippen molar-refractivity contribution in [1.82, 2.24) is 0 Å². The molecule has 3 saturated carbocycles. The number of nitriles is 1. The number of hydrogen-bond donors (Lipinski definition) is 0. The molecule has 0 N–H and O–H groups in total. The quantitative estimate of drug-likeness (QED) is 0.682. The van der Waals surface area contributed by atoms with Gasteiger partial charge in [-0.2, -0.15) is 5.26 Å². The predicted molar refractivity (Wildman–Crippen MR) is 90.8 cm³/mol. The maximum atomic E-state index is 12.0. The number of fused-ring (bicyclic) bond motifs is 5. The van der Waals surface area contributed by atoms with E-state index in [1.54, 1.807) is 6.08 Å². The van der Waals surface area contributed by atoms with E-state index in [1.165, 1.54) is 0 Å². The molecule has 0 radical (unpaired) electrons. The van der Waals surface area contributed by atoms with Gasteiger partial charge in [-0.15, -0.1) is 0 Å². The lowest BCUT2D eigenvalue weighted by atomic mass is 9.45. The standard InChI is InChI=1S/C21H27NO2/c1-20-8-6-18-16(17(20)4-3-14(20)11-22)9-13(12-23)19-10-15(24)5-7-21(18,19)2/h10,12-14,16-18H,3-9H2,1-2H3/t13?,14?,16-,17-,18+,20+,21+/m0/s1. The summed E-state index contributed by atoms with van der Waals surface area (Å²) in [5.41, 5.74) is 1.26. The van der Waals surface area contributed by atoms with Crippen molar-refractivity contribution >= 4 is 12.1 Å². The van der Waals surface area contributed by atoms with E-state index < -0.39 is 0 Å². The van der Waals surface area contributed by atoms with Gasteiger partial charge < -0.3 is 4.79 Å². The summed E-state index contributed by atoms with van der Waals surface area (Å²) < 4.78 is 0. The lowest BCUT2D eigenvalue weighted by Crippen LogP contribution is -2.52. The van der Waals surface area contributed by atoms with Gasteiger partial charge in [0.25, 0.3) is 0 Å². The van der Waals surface area contributed by atoms with Gasteiger partial charge >= 0.3 is 0 Å². The zero-order valence-corrected chi connectivity index (χ0v) is 14.8. The topological polar surface area (TPSA) is 57.9 Å². The highest BCUT2D eigenvalue weighted by Gasteiger charge is 2.60. The highest BCUT2D eigenvalue weighted by molar-refractivity contribution is 5.92. The highest BCUT2D eigenvalue weighted by Crippen LogP contribution is 2.67. The third kappa shape index (κ3) is 1.95. The molecular formula is C21H27NO2. The van der Waals surface area contributed by atoms with Gasteiger partial charge in [-0.05, 0) is 73.2 Å². The molecule has 0 aromatic rings. The SMILES string of the molecule is C[C@]12CCC(=O)C=C1C(C=O)C[C@@H]1[C@H]2CC[C@]2(C)C(C#N)CC[C@@H]12. The highest BCUT2D eigenvalue weighted by atomic mass is 16.1. The molecule has 7 atom stereocenters. The minimum absolute atomic E-state index is 0.00840. The van der Waals surface area contributed by atoms with Crippen LogP contribution in [-0.2, 0) is 9.59 Å². The largest absolute Gasteiger partial charge is 0.303 e.